The molecule has 0 aliphatic heterocycles. The Balaban J connectivity index is 2.22. The van der Waals surface area contributed by atoms with E-state index in [1.54, 1.807) is 11.3 Å². The molecule has 0 saturated carbocycles. The summed E-state index contributed by atoms with van der Waals surface area (Å²) in [5, 5.41) is 4.31. The lowest BCUT2D eigenvalue weighted by atomic mass is 10.1. The first-order chi connectivity index (χ1) is 7.85. The zero-order valence-electron chi connectivity index (χ0n) is 9.81. The van der Waals surface area contributed by atoms with Crippen molar-refractivity contribution in [2.75, 3.05) is 18.0 Å². The van der Waals surface area contributed by atoms with Crippen molar-refractivity contribution >= 4 is 17.0 Å². The van der Waals surface area contributed by atoms with E-state index >= 15 is 0 Å². The van der Waals surface area contributed by atoms with E-state index < -0.39 is 0 Å². The van der Waals surface area contributed by atoms with E-state index in [2.05, 4.69) is 59.8 Å². The molecule has 2 rings (SSSR count). The molecule has 0 saturated heterocycles. The maximum absolute atomic E-state index is 2.36. The minimum Gasteiger partial charge on any atom is -0.372 e. The van der Waals surface area contributed by atoms with Crippen LogP contribution in [-0.4, -0.2) is 13.1 Å². The Labute approximate surface area is 101 Å². The predicted octanol–water partition coefficient (Wildman–Crippen LogP) is 4.26. The second-order valence-corrected chi connectivity index (χ2v) is 4.51. The molecule has 1 heterocycles. The van der Waals surface area contributed by atoms with Crippen molar-refractivity contribution in [3.05, 3.63) is 41.1 Å². The molecule has 2 heteroatoms. The van der Waals surface area contributed by atoms with Gasteiger partial charge in [-0.15, -0.1) is 0 Å². The summed E-state index contributed by atoms with van der Waals surface area (Å²) in [5.74, 6) is 0. The van der Waals surface area contributed by atoms with Gasteiger partial charge in [0.2, 0.25) is 0 Å². The highest BCUT2D eigenvalue weighted by Crippen LogP contribution is 2.24. The van der Waals surface area contributed by atoms with E-state index in [0.29, 0.717) is 0 Å². The second kappa shape index (κ2) is 5.17. The first-order valence-electron chi connectivity index (χ1n) is 5.72. The highest BCUT2D eigenvalue weighted by Gasteiger charge is 2.02. The van der Waals surface area contributed by atoms with Crippen molar-refractivity contribution in [3.8, 4) is 11.1 Å². The summed E-state index contributed by atoms with van der Waals surface area (Å²) in [6.45, 7) is 6.51. The molecule has 0 radical (unpaired) electrons. The minimum absolute atomic E-state index is 1.06. The van der Waals surface area contributed by atoms with Crippen LogP contribution in [-0.2, 0) is 0 Å². The van der Waals surface area contributed by atoms with Crippen LogP contribution in [0.4, 0.5) is 5.69 Å². The van der Waals surface area contributed by atoms with Gasteiger partial charge in [0.05, 0.1) is 0 Å². The monoisotopic (exact) mass is 231 g/mol. The Bertz CT molecular complexity index is 413. The highest BCUT2D eigenvalue weighted by molar-refractivity contribution is 7.08. The normalized spacial score (nSPS) is 10.4. The van der Waals surface area contributed by atoms with Gasteiger partial charge < -0.3 is 4.90 Å². The van der Waals surface area contributed by atoms with Crippen molar-refractivity contribution in [3.63, 3.8) is 0 Å². The lowest BCUT2D eigenvalue weighted by Gasteiger charge is -2.21. The molecule has 0 spiro atoms. The van der Waals surface area contributed by atoms with Gasteiger partial charge in [-0.3, -0.25) is 0 Å². The Morgan fingerprint density at radius 1 is 0.938 bits per heavy atom. The van der Waals surface area contributed by atoms with Crippen LogP contribution in [0, 0.1) is 0 Å². The second-order valence-electron chi connectivity index (χ2n) is 3.73. The SMILES string of the molecule is CCN(CC)c1ccc(-c2ccsc2)cc1. The van der Waals surface area contributed by atoms with E-state index in [4.69, 9.17) is 0 Å². The topological polar surface area (TPSA) is 3.24 Å². The Morgan fingerprint density at radius 2 is 1.62 bits per heavy atom. The quantitative estimate of drug-likeness (QED) is 0.760. The van der Waals surface area contributed by atoms with Gasteiger partial charge in [0, 0.05) is 18.8 Å². The van der Waals surface area contributed by atoms with Crippen LogP contribution in [0.25, 0.3) is 11.1 Å². The maximum Gasteiger partial charge on any atom is 0.0366 e. The number of benzene rings is 1. The fraction of sp³-hybridized carbons (Fsp3) is 0.286. The summed E-state index contributed by atoms with van der Waals surface area (Å²) in [6, 6.07) is 11.0. The molecule has 1 aromatic carbocycles. The van der Waals surface area contributed by atoms with Crippen LogP contribution in [0.2, 0.25) is 0 Å². The molecule has 2 aromatic rings. The maximum atomic E-state index is 2.36. The summed E-state index contributed by atoms with van der Waals surface area (Å²) in [7, 11) is 0. The van der Waals surface area contributed by atoms with E-state index in [0.717, 1.165) is 13.1 Å². The lowest BCUT2D eigenvalue weighted by molar-refractivity contribution is 0.866. The lowest BCUT2D eigenvalue weighted by Crippen LogP contribution is -2.21. The molecule has 1 aromatic heterocycles. The van der Waals surface area contributed by atoms with Crippen LogP contribution in [0.15, 0.2) is 41.1 Å². The molecule has 0 aliphatic rings. The van der Waals surface area contributed by atoms with Gasteiger partial charge in [-0.25, -0.2) is 0 Å². The number of nitrogens with zero attached hydrogens (tertiary/aromatic N) is 1. The van der Waals surface area contributed by atoms with Crippen molar-refractivity contribution in [2.24, 2.45) is 0 Å². The van der Waals surface area contributed by atoms with E-state index in [1.165, 1.54) is 16.8 Å². The zero-order chi connectivity index (χ0) is 11.4. The smallest absolute Gasteiger partial charge is 0.0366 e. The van der Waals surface area contributed by atoms with Crippen LogP contribution in [0.1, 0.15) is 13.8 Å². The van der Waals surface area contributed by atoms with Gasteiger partial charge in [0.1, 0.15) is 0 Å². The molecule has 0 atom stereocenters. The van der Waals surface area contributed by atoms with Gasteiger partial charge in [0.15, 0.2) is 0 Å². The number of rotatable bonds is 4. The Morgan fingerprint density at radius 3 is 2.12 bits per heavy atom. The number of hydrogen-bond acceptors (Lipinski definition) is 2. The molecule has 0 amide bonds. The van der Waals surface area contributed by atoms with Gasteiger partial charge in [-0.05, 0) is 53.9 Å². The third kappa shape index (κ3) is 2.27. The predicted molar refractivity (Wildman–Crippen MR) is 73.3 cm³/mol. The largest absolute Gasteiger partial charge is 0.372 e. The van der Waals surface area contributed by atoms with Crippen molar-refractivity contribution in [1.82, 2.24) is 0 Å². The molecule has 0 fully saturated rings. The third-order valence-corrected chi connectivity index (χ3v) is 3.53. The number of anilines is 1. The summed E-state index contributed by atoms with van der Waals surface area (Å²) in [5.41, 5.74) is 3.93. The van der Waals surface area contributed by atoms with Crippen LogP contribution in [0.5, 0.6) is 0 Å². The molecule has 0 N–H and O–H groups in total. The number of hydrogen-bond donors (Lipinski definition) is 0. The average molecular weight is 231 g/mol. The van der Waals surface area contributed by atoms with E-state index in [9.17, 15) is 0 Å². The van der Waals surface area contributed by atoms with Crippen LogP contribution >= 0.6 is 11.3 Å². The molecule has 84 valence electrons. The fourth-order valence-electron chi connectivity index (χ4n) is 1.88. The standard InChI is InChI=1S/C14H17NS/c1-3-15(4-2)14-7-5-12(6-8-14)13-9-10-16-11-13/h5-11H,3-4H2,1-2H3. The van der Waals surface area contributed by atoms with Crippen LogP contribution in [0.3, 0.4) is 0 Å². The Kier molecular flexibility index (Phi) is 3.62. The third-order valence-electron chi connectivity index (χ3n) is 2.85. The summed E-state index contributed by atoms with van der Waals surface area (Å²) >= 11 is 1.74. The molecule has 16 heavy (non-hydrogen) atoms. The number of thiophene rings is 1. The highest BCUT2D eigenvalue weighted by atomic mass is 32.1. The molecule has 0 bridgehead atoms. The summed E-state index contributed by atoms with van der Waals surface area (Å²) in [4.78, 5) is 2.36. The van der Waals surface area contributed by atoms with Crippen LogP contribution < -0.4 is 4.90 Å². The summed E-state index contributed by atoms with van der Waals surface area (Å²) < 4.78 is 0. The molecule has 0 aliphatic carbocycles. The molecular formula is C14H17NS. The van der Waals surface area contributed by atoms with Crippen molar-refractivity contribution < 1.29 is 0 Å². The van der Waals surface area contributed by atoms with Gasteiger partial charge in [-0.1, -0.05) is 12.1 Å². The first-order valence-corrected chi connectivity index (χ1v) is 6.67. The first kappa shape index (κ1) is 11.2. The van der Waals surface area contributed by atoms with Gasteiger partial charge >= 0.3 is 0 Å². The Hall–Kier alpha value is -1.28. The van der Waals surface area contributed by atoms with Crippen molar-refractivity contribution in [2.45, 2.75) is 13.8 Å². The van der Waals surface area contributed by atoms with E-state index in [1.807, 2.05) is 0 Å². The van der Waals surface area contributed by atoms with Crippen molar-refractivity contribution in [1.29, 1.82) is 0 Å². The molecule has 1 nitrogen and oxygen atoms in total. The molecular weight excluding hydrogens is 214 g/mol. The molecule has 0 unspecified atom stereocenters. The average Bonchev–Trinajstić information content (AvgIpc) is 2.85. The fourth-order valence-corrected chi connectivity index (χ4v) is 2.55. The summed E-state index contributed by atoms with van der Waals surface area (Å²) in [6.07, 6.45) is 0. The van der Waals surface area contributed by atoms with Gasteiger partial charge in [0.25, 0.3) is 0 Å². The van der Waals surface area contributed by atoms with Gasteiger partial charge in [-0.2, -0.15) is 11.3 Å². The van der Waals surface area contributed by atoms with E-state index in [-0.39, 0.29) is 0 Å². The minimum atomic E-state index is 1.06. The zero-order valence-corrected chi connectivity index (χ0v) is 10.6.